The molecule has 5 rings (SSSR count). The van der Waals surface area contributed by atoms with E-state index in [0.717, 1.165) is 28.1 Å². The number of fused-ring (bicyclic) bond motifs is 3. The van der Waals surface area contributed by atoms with Crippen molar-refractivity contribution in [3.05, 3.63) is 71.8 Å². The maximum absolute atomic E-state index is 14.6. The molecule has 3 aliphatic heterocycles. The third-order valence-corrected chi connectivity index (χ3v) is 15.7. The van der Waals surface area contributed by atoms with Gasteiger partial charge in [0.1, 0.15) is 18.0 Å². The highest BCUT2D eigenvalue weighted by molar-refractivity contribution is 6.74. The number of likely N-dealkylation sites (tertiary alicyclic amines) is 1. The highest BCUT2D eigenvalue weighted by Crippen LogP contribution is 2.68. The minimum atomic E-state index is -2.15. The lowest BCUT2D eigenvalue weighted by Gasteiger charge is -2.65. The van der Waals surface area contributed by atoms with Gasteiger partial charge in [-0.2, -0.15) is 0 Å². The van der Waals surface area contributed by atoms with Crippen LogP contribution in [-0.2, 0) is 36.1 Å². The number of nitrogens with zero attached hydrogens (tertiary/aromatic N) is 3. The molecule has 3 heterocycles. The molecule has 2 aromatic rings. The Kier molecular flexibility index (Phi) is 9.86. The van der Waals surface area contributed by atoms with Crippen LogP contribution < -0.4 is 9.80 Å². The van der Waals surface area contributed by atoms with Gasteiger partial charge in [-0.3, -0.25) is 9.80 Å². The lowest BCUT2D eigenvalue weighted by Crippen LogP contribution is -2.77. The first kappa shape index (κ1) is 36.9. The zero-order chi connectivity index (χ0) is 36.2. The van der Waals surface area contributed by atoms with Gasteiger partial charge in [-0.05, 0) is 94.4 Å². The smallest absolute Gasteiger partial charge is 0.416 e. The number of hydrogen-bond acceptors (Lipinski definition) is 7. The second-order valence-electron chi connectivity index (χ2n) is 16.1. The van der Waals surface area contributed by atoms with Crippen LogP contribution >= 0.6 is 0 Å². The number of rotatable bonds is 8. The summed E-state index contributed by atoms with van der Waals surface area (Å²) >= 11 is 0. The van der Waals surface area contributed by atoms with Gasteiger partial charge in [0.05, 0.1) is 29.7 Å². The molecule has 268 valence electrons. The van der Waals surface area contributed by atoms with E-state index in [9.17, 15) is 9.59 Å². The van der Waals surface area contributed by atoms with E-state index in [1.165, 1.54) is 0 Å². The molecule has 4 atom stereocenters. The fraction of sp³-hybridized carbons (Fsp3) is 0.590. The molecule has 1 fully saturated rings. The predicted octanol–water partition coefficient (Wildman–Crippen LogP) is 8.72. The van der Waals surface area contributed by atoms with E-state index < -0.39 is 49.3 Å². The topological polar surface area (TPSA) is 80.8 Å². The van der Waals surface area contributed by atoms with Crippen LogP contribution in [0.25, 0.3) is 0 Å². The predicted molar refractivity (Wildman–Crippen MR) is 198 cm³/mol. The van der Waals surface area contributed by atoms with Crippen LogP contribution in [0.4, 0.5) is 21.0 Å². The molecule has 2 amide bonds. The molecule has 0 saturated carbocycles. The molecular weight excluding hydrogens is 635 g/mol. The van der Waals surface area contributed by atoms with Crippen molar-refractivity contribution in [1.82, 2.24) is 4.90 Å². The maximum atomic E-state index is 14.6. The summed E-state index contributed by atoms with van der Waals surface area (Å²) in [4.78, 5) is 34.2. The Hall–Kier alpha value is -3.34. The van der Waals surface area contributed by atoms with E-state index in [-0.39, 0.29) is 11.6 Å². The van der Waals surface area contributed by atoms with Gasteiger partial charge in [0.25, 0.3) is 0 Å². The van der Waals surface area contributed by atoms with E-state index in [1.54, 1.807) is 4.90 Å². The average molecular weight is 692 g/mol. The first-order chi connectivity index (χ1) is 22.9. The van der Waals surface area contributed by atoms with Gasteiger partial charge >= 0.3 is 12.2 Å². The van der Waals surface area contributed by atoms with Gasteiger partial charge in [-0.15, -0.1) is 6.58 Å². The van der Waals surface area contributed by atoms with Gasteiger partial charge in [0, 0.05) is 25.9 Å². The highest BCUT2D eigenvalue weighted by Gasteiger charge is 2.74. The van der Waals surface area contributed by atoms with Crippen LogP contribution in [0.1, 0.15) is 84.9 Å². The molecule has 0 bridgehead atoms. The minimum Gasteiger partial charge on any atom is -0.450 e. The molecule has 1 spiro atoms. The quantitative estimate of drug-likeness (QED) is 0.202. The first-order valence-electron chi connectivity index (χ1n) is 17.7. The van der Waals surface area contributed by atoms with Crippen molar-refractivity contribution in [3.63, 3.8) is 0 Å². The number of anilines is 2. The number of amides is 2. The third-order valence-electron chi connectivity index (χ3n) is 11.2. The van der Waals surface area contributed by atoms with E-state index in [4.69, 9.17) is 18.6 Å². The summed E-state index contributed by atoms with van der Waals surface area (Å²) in [7, 11) is -0.0826. The number of para-hydroxylation sites is 1. The van der Waals surface area contributed by atoms with Crippen molar-refractivity contribution in [2.75, 3.05) is 36.6 Å². The largest absolute Gasteiger partial charge is 0.450 e. The molecule has 2 aromatic carbocycles. The van der Waals surface area contributed by atoms with Gasteiger partial charge < -0.3 is 23.5 Å². The van der Waals surface area contributed by atoms with Crippen molar-refractivity contribution >= 4 is 31.9 Å². The zero-order valence-corrected chi connectivity index (χ0v) is 32.5. The molecule has 10 heteroatoms. The van der Waals surface area contributed by atoms with E-state index >= 15 is 0 Å². The molecular formula is C39H57N3O6Si. The number of carbonyl (C=O) groups is 2. The van der Waals surface area contributed by atoms with Crippen LogP contribution in [-0.4, -0.2) is 70.2 Å². The number of hydrogen-bond donors (Lipinski definition) is 0. The Morgan fingerprint density at radius 3 is 2.27 bits per heavy atom. The summed E-state index contributed by atoms with van der Waals surface area (Å²) in [5.74, 6) is 0. The summed E-state index contributed by atoms with van der Waals surface area (Å²) in [6, 6.07) is 14.4. The lowest BCUT2D eigenvalue weighted by molar-refractivity contribution is -0.148. The highest BCUT2D eigenvalue weighted by atomic mass is 28.4. The monoisotopic (exact) mass is 691 g/mol. The van der Waals surface area contributed by atoms with Crippen molar-refractivity contribution < 1.29 is 28.2 Å². The number of benzene rings is 2. The molecule has 9 nitrogen and oxygen atoms in total. The van der Waals surface area contributed by atoms with Gasteiger partial charge in [0.2, 0.25) is 0 Å². The SMILES string of the molecule is C=CC[C@@]12c3ccccc3N(C(=O)OC(C)(C)C)[C@@H]3N(C)c4cccc(CO[Si](C)(C)C(C)(C)C)c4[C@@]31CCN(C(=O)OCC)C2OCC. The Bertz CT molecular complexity index is 1580. The molecule has 0 radical (unpaired) electrons. The van der Waals surface area contributed by atoms with Crippen molar-refractivity contribution in [2.24, 2.45) is 0 Å². The molecule has 1 unspecified atom stereocenters. The van der Waals surface area contributed by atoms with Crippen LogP contribution in [0, 0.1) is 0 Å². The number of piperidine rings is 1. The Balaban J connectivity index is 1.89. The Labute approximate surface area is 294 Å². The fourth-order valence-electron chi connectivity index (χ4n) is 8.29. The lowest BCUT2D eigenvalue weighted by atomic mass is 9.48. The second kappa shape index (κ2) is 13.1. The van der Waals surface area contributed by atoms with Crippen LogP contribution in [0.5, 0.6) is 0 Å². The standard InChI is InChI=1S/C39H57N3O6Si/c1-13-23-38-28-20-16-17-21-29(28)42(35(44)48-36(4,5)6)32-39(38,24-25-41(33(38)45-14-2)34(43)46-15-3)31-27(19-18-22-30(31)40(32)10)26-47-49(11,12)37(7,8)9/h13,16-22,32-33H,1,14-15,23-26H2,2-12H3/t32-,33?,38-,39-/m0/s1. The summed E-state index contributed by atoms with van der Waals surface area (Å²) in [5, 5.41) is 0.0253. The number of allylic oxidation sites excluding steroid dienone is 1. The molecule has 1 saturated heterocycles. The summed E-state index contributed by atoms with van der Waals surface area (Å²) in [6.07, 6.45) is 0.894. The van der Waals surface area contributed by atoms with Crippen LogP contribution in [0.3, 0.4) is 0 Å². The molecule has 0 N–H and O–H groups in total. The van der Waals surface area contributed by atoms with Gasteiger partial charge in [-0.25, -0.2) is 9.59 Å². The zero-order valence-electron chi connectivity index (χ0n) is 31.5. The molecule has 0 aliphatic carbocycles. The Morgan fingerprint density at radius 2 is 1.65 bits per heavy atom. The molecule has 3 aliphatic rings. The summed E-state index contributed by atoms with van der Waals surface area (Å²) < 4.78 is 25.6. The minimum absolute atomic E-state index is 0.0253. The molecule has 0 aromatic heterocycles. The number of likely N-dealkylation sites (N-methyl/N-ethyl adjacent to an activating group) is 1. The fourth-order valence-corrected chi connectivity index (χ4v) is 9.24. The van der Waals surface area contributed by atoms with E-state index in [2.05, 4.69) is 76.7 Å². The van der Waals surface area contributed by atoms with Gasteiger partial charge in [0.15, 0.2) is 8.32 Å². The molecule has 49 heavy (non-hydrogen) atoms. The van der Waals surface area contributed by atoms with Crippen LogP contribution in [0.2, 0.25) is 18.1 Å². The van der Waals surface area contributed by atoms with Crippen molar-refractivity contribution in [1.29, 1.82) is 0 Å². The van der Waals surface area contributed by atoms with Crippen LogP contribution in [0.15, 0.2) is 55.1 Å². The Morgan fingerprint density at radius 1 is 0.980 bits per heavy atom. The average Bonchev–Trinajstić information content (AvgIpc) is 3.27. The van der Waals surface area contributed by atoms with Crippen molar-refractivity contribution in [3.8, 4) is 0 Å². The number of ether oxygens (including phenoxy) is 3. The summed E-state index contributed by atoms with van der Waals surface area (Å²) in [6.45, 7) is 26.5. The maximum Gasteiger partial charge on any atom is 0.416 e. The van der Waals surface area contributed by atoms with Crippen molar-refractivity contribution in [2.45, 2.75) is 122 Å². The summed E-state index contributed by atoms with van der Waals surface area (Å²) in [5.41, 5.74) is 2.50. The normalized spacial score (nSPS) is 24.8. The third kappa shape index (κ3) is 5.77. The van der Waals surface area contributed by atoms with Gasteiger partial charge in [-0.1, -0.05) is 57.2 Å². The first-order valence-corrected chi connectivity index (χ1v) is 20.6. The van der Waals surface area contributed by atoms with E-state index in [1.807, 2.05) is 63.8 Å². The number of carbonyl (C=O) groups excluding carboxylic acids is 2. The second-order valence-corrected chi connectivity index (χ2v) is 20.9. The van der Waals surface area contributed by atoms with E-state index in [0.29, 0.717) is 32.6 Å².